The quantitative estimate of drug-likeness (QED) is 0.765. The summed E-state index contributed by atoms with van der Waals surface area (Å²) in [5.74, 6) is 0.0765. The Kier molecular flexibility index (Phi) is 5.91. The summed E-state index contributed by atoms with van der Waals surface area (Å²) in [6, 6.07) is 5.99. The number of anilines is 1. The molecule has 0 aromatic heterocycles. The van der Waals surface area contributed by atoms with Crippen molar-refractivity contribution >= 4 is 45.8 Å². The largest absolute Gasteiger partial charge is 0.325 e. The highest BCUT2D eigenvalue weighted by Crippen LogP contribution is 2.22. The number of benzene rings is 1. The SMILES string of the molecule is O=C(CCC1CCCCN1)Nc1ccc(Cl)cc1I. The van der Waals surface area contributed by atoms with Crippen LogP contribution in [0.4, 0.5) is 5.69 Å². The average molecular weight is 393 g/mol. The lowest BCUT2D eigenvalue weighted by Crippen LogP contribution is -2.34. The molecule has 19 heavy (non-hydrogen) atoms. The zero-order valence-corrected chi connectivity index (χ0v) is 13.6. The molecule has 0 spiro atoms. The van der Waals surface area contributed by atoms with Crippen LogP contribution in [0.3, 0.4) is 0 Å². The van der Waals surface area contributed by atoms with Crippen LogP contribution in [-0.4, -0.2) is 18.5 Å². The molecule has 104 valence electrons. The maximum Gasteiger partial charge on any atom is 0.224 e. The smallest absolute Gasteiger partial charge is 0.224 e. The molecule has 1 heterocycles. The second kappa shape index (κ2) is 7.45. The molecular formula is C14H18ClIN2O. The molecule has 1 atom stereocenters. The highest BCUT2D eigenvalue weighted by atomic mass is 127. The van der Waals surface area contributed by atoms with Crippen LogP contribution in [0.5, 0.6) is 0 Å². The van der Waals surface area contributed by atoms with Gasteiger partial charge in [-0.05, 0) is 66.6 Å². The molecule has 2 rings (SSSR count). The molecule has 1 aliphatic rings. The fourth-order valence-electron chi connectivity index (χ4n) is 2.28. The number of halogens is 2. The van der Waals surface area contributed by atoms with Gasteiger partial charge in [0.05, 0.1) is 5.69 Å². The minimum absolute atomic E-state index is 0.0765. The van der Waals surface area contributed by atoms with E-state index < -0.39 is 0 Å². The first kappa shape index (κ1) is 15.1. The molecule has 1 saturated heterocycles. The molecule has 2 N–H and O–H groups in total. The van der Waals surface area contributed by atoms with E-state index in [0.717, 1.165) is 22.2 Å². The monoisotopic (exact) mass is 392 g/mol. The van der Waals surface area contributed by atoms with E-state index in [1.807, 2.05) is 12.1 Å². The Hall–Kier alpha value is -0.330. The van der Waals surface area contributed by atoms with Crippen LogP contribution in [0, 0.1) is 3.57 Å². The molecule has 1 aromatic carbocycles. The van der Waals surface area contributed by atoms with Crippen molar-refractivity contribution in [3.05, 3.63) is 26.8 Å². The Balaban J connectivity index is 1.80. The highest BCUT2D eigenvalue weighted by Gasteiger charge is 2.14. The summed E-state index contributed by atoms with van der Waals surface area (Å²) < 4.78 is 0.967. The predicted octanol–water partition coefficient (Wildman–Crippen LogP) is 3.81. The second-order valence-electron chi connectivity index (χ2n) is 4.86. The first-order valence-electron chi connectivity index (χ1n) is 6.63. The van der Waals surface area contributed by atoms with Crippen molar-refractivity contribution in [2.24, 2.45) is 0 Å². The number of carbonyl (C=O) groups excluding carboxylic acids is 1. The Morgan fingerprint density at radius 2 is 2.32 bits per heavy atom. The molecule has 5 heteroatoms. The van der Waals surface area contributed by atoms with Crippen LogP contribution >= 0.6 is 34.2 Å². The van der Waals surface area contributed by atoms with Gasteiger partial charge >= 0.3 is 0 Å². The highest BCUT2D eigenvalue weighted by molar-refractivity contribution is 14.1. The summed E-state index contributed by atoms with van der Waals surface area (Å²) in [5, 5.41) is 7.09. The number of nitrogens with one attached hydrogen (secondary N) is 2. The standard InChI is InChI=1S/C14H18ClIN2O/c15-10-4-6-13(12(16)9-10)18-14(19)7-5-11-3-1-2-8-17-11/h4,6,9,11,17H,1-3,5,7-8H2,(H,18,19). The first-order valence-corrected chi connectivity index (χ1v) is 8.09. The summed E-state index contributed by atoms with van der Waals surface area (Å²) in [6.45, 7) is 1.08. The van der Waals surface area contributed by atoms with Crippen LogP contribution in [0.1, 0.15) is 32.1 Å². The molecule has 0 radical (unpaired) electrons. The molecule has 1 fully saturated rings. The Bertz CT molecular complexity index is 447. The number of rotatable bonds is 4. The number of hydrogen-bond donors (Lipinski definition) is 2. The topological polar surface area (TPSA) is 41.1 Å². The van der Waals surface area contributed by atoms with E-state index in [0.29, 0.717) is 17.5 Å². The van der Waals surface area contributed by atoms with Crippen molar-refractivity contribution in [1.29, 1.82) is 0 Å². The van der Waals surface area contributed by atoms with Crippen LogP contribution in [-0.2, 0) is 4.79 Å². The van der Waals surface area contributed by atoms with Crippen molar-refractivity contribution in [2.75, 3.05) is 11.9 Å². The van der Waals surface area contributed by atoms with E-state index in [-0.39, 0.29) is 5.91 Å². The summed E-state index contributed by atoms with van der Waals surface area (Å²) in [5.41, 5.74) is 0.839. The van der Waals surface area contributed by atoms with Gasteiger partial charge in [-0.1, -0.05) is 18.0 Å². The summed E-state index contributed by atoms with van der Waals surface area (Å²) in [7, 11) is 0. The second-order valence-corrected chi connectivity index (χ2v) is 6.46. The molecule has 0 aliphatic carbocycles. The summed E-state index contributed by atoms with van der Waals surface area (Å²) >= 11 is 8.07. The Morgan fingerprint density at radius 3 is 3.00 bits per heavy atom. The minimum atomic E-state index is 0.0765. The lowest BCUT2D eigenvalue weighted by atomic mass is 10.0. The van der Waals surface area contributed by atoms with Crippen molar-refractivity contribution in [3.8, 4) is 0 Å². The van der Waals surface area contributed by atoms with Crippen LogP contribution < -0.4 is 10.6 Å². The van der Waals surface area contributed by atoms with Crippen LogP contribution in [0.2, 0.25) is 5.02 Å². The van der Waals surface area contributed by atoms with Gasteiger partial charge in [-0.2, -0.15) is 0 Å². The molecular weight excluding hydrogens is 375 g/mol. The summed E-state index contributed by atoms with van der Waals surface area (Å²) in [6.07, 6.45) is 5.19. The number of piperidine rings is 1. The Morgan fingerprint density at radius 1 is 1.47 bits per heavy atom. The lowest BCUT2D eigenvalue weighted by molar-refractivity contribution is -0.116. The van der Waals surface area contributed by atoms with Crippen molar-refractivity contribution < 1.29 is 4.79 Å². The molecule has 1 amide bonds. The Labute approximate surface area is 132 Å². The van der Waals surface area contributed by atoms with Gasteiger partial charge in [-0.3, -0.25) is 4.79 Å². The molecule has 3 nitrogen and oxygen atoms in total. The van der Waals surface area contributed by atoms with Gasteiger partial charge in [0, 0.05) is 21.1 Å². The van der Waals surface area contributed by atoms with Gasteiger partial charge < -0.3 is 10.6 Å². The van der Waals surface area contributed by atoms with E-state index >= 15 is 0 Å². The molecule has 1 aliphatic heterocycles. The summed E-state index contributed by atoms with van der Waals surface area (Å²) in [4.78, 5) is 11.9. The molecule has 1 aromatic rings. The average Bonchev–Trinajstić information content (AvgIpc) is 2.41. The maximum absolute atomic E-state index is 11.9. The third-order valence-corrected chi connectivity index (χ3v) is 4.47. The zero-order valence-electron chi connectivity index (χ0n) is 10.7. The van der Waals surface area contributed by atoms with Gasteiger partial charge in [0.15, 0.2) is 0 Å². The van der Waals surface area contributed by atoms with E-state index in [1.54, 1.807) is 6.07 Å². The van der Waals surface area contributed by atoms with Gasteiger partial charge in [0.25, 0.3) is 0 Å². The normalized spacial score (nSPS) is 19.2. The number of amides is 1. The van der Waals surface area contributed by atoms with Crippen molar-refractivity contribution in [3.63, 3.8) is 0 Å². The van der Waals surface area contributed by atoms with Gasteiger partial charge in [0.2, 0.25) is 5.91 Å². The third-order valence-electron chi connectivity index (χ3n) is 3.34. The maximum atomic E-state index is 11.9. The third kappa shape index (κ3) is 4.93. The van der Waals surface area contributed by atoms with Crippen molar-refractivity contribution in [2.45, 2.75) is 38.1 Å². The van der Waals surface area contributed by atoms with Crippen LogP contribution in [0.15, 0.2) is 18.2 Å². The molecule has 0 saturated carbocycles. The van der Waals surface area contributed by atoms with E-state index in [1.165, 1.54) is 19.3 Å². The van der Waals surface area contributed by atoms with Gasteiger partial charge in [-0.25, -0.2) is 0 Å². The van der Waals surface area contributed by atoms with E-state index in [9.17, 15) is 4.79 Å². The van der Waals surface area contributed by atoms with E-state index in [2.05, 4.69) is 33.2 Å². The lowest BCUT2D eigenvalue weighted by Gasteiger charge is -2.23. The zero-order chi connectivity index (χ0) is 13.7. The number of hydrogen-bond acceptors (Lipinski definition) is 2. The fourth-order valence-corrected chi connectivity index (χ4v) is 3.29. The number of carbonyl (C=O) groups is 1. The molecule has 1 unspecified atom stereocenters. The van der Waals surface area contributed by atoms with Gasteiger partial charge in [0.1, 0.15) is 0 Å². The fraction of sp³-hybridized carbons (Fsp3) is 0.500. The van der Waals surface area contributed by atoms with Gasteiger partial charge in [-0.15, -0.1) is 0 Å². The van der Waals surface area contributed by atoms with Crippen LogP contribution in [0.25, 0.3) is 0 Å². The minimum Gasteiger partial charge on any atom is -0.325 e. The predicted molar refractivity (Wildman–Crippen MR) is 87.7 cm³/mol. The van der Waals surface area contributed by atoms with E-state index in [4.69, 9.17) is 11.6 Å². The molecule has 0 bridgehead atoms. The first-order chi connectivity index (χ1) is 9.15. The van der Waals surface area contributed by atoms with Crippen molar-refractivity contribution in [1.82, 2.24) is 5.32 Å².